The molecule has 0 radical (unpaired) electrons. The molecule has 2 atom stereocenters. The average molecular weight is 174 g/mol. The van der Waals surface area contributed by atoms with Gasteiger partial charge in [0.15, 0.2) is 0 Å². The minimum atomic E-state index is -0.992. The topological polar surface area (TPSA) is 60.7 Å². The summed E-state index contributed by atoms with van der Waals surface area (Å²) in [4.78, 5) is 0. The standard InChI is InChI=1S/C9H18O3/c1-2-3-4-5-6-8(11)9(12)7-10/h2,8-12H,1,3-7H2. The van der Waals surface area contributed by atoms with Gasteiger partial charge in [-0.25, -0.2) is 0 Å². The van der Waals surface area contributed by atoms with Crippen molar-refractivity contribution >= 4 is 0 Å². The van der Waals surface area contributed by atoms with Gasteiger partial charge in [0.25, 0.3) is 0 Å². The highest BCUT2D eigenvalue weighted by molar-refractivity contribution is 4.69. The van der Waals surface area contributed by atoms with E-state index in [-0.39, 0.29) is 6.61 Å². The lowest BCUT2D eigenvalue weighted by molar-refractivity contribution is -0.0184. The second-order valence-corrected chi connectivity index (χ2v) is 2.89. The smallest absolute Gasteiger partial charge is 0.103 e. The third kappa shape index (κ3) is 5.29. The van der Waals surface area contributed by atoms with E-state index < -0.39 is 12.2 Å². The number of hydrogen-bond donors (Lipinski definition) is 3. The van der Waals surface area contributed by atoms with E-state index in [1.54, 1.807) is 0 Å². The summed E-state index contributed by atoms with van der Waals surface area (Å²) < 4.78 is 0. The lowest BCUT2D eigenvalue weighted by Crippen LogP contribution is -2.28. The predicted molar refractivity (Wildman–Crippen MR) is 47.8 cm³/mol. The molecule has 0 saturated carbocycles. The molecule has 3 nitrogen and oxygen atoms in total. The molecule has 0 aliphatic heterocycles. The van der Waals surface area contributed by atoms with Crippen molar-refractivity contribution in [2.75, 3.05) is 6.61 Å². The zero-order valence-electron chi connectivity index (χ0n) is 7.32. The van der Waals surface area contributed by atoms with Gasteiger partial charge in [0, 0.05) is 0 Å². The Labute approximate surface area is 73.4 Å². The highest BCUT2D eigenvalue weighted by Gasteiger charge is 2.13. The minimum absolute atomic E-state index is 0.372. The summed E-state index contributed by atoms with van der Waals surface area (Å²) in [6, 6.07) is 0. The summed E-state index contributed by atoms with van der Waals surface area (Å²) in [5, 5.41) is 26.6. The van der Waals surface area contributed by atoms with Crippen molar-refractivity contribution in [3.05, 3.63) is 12.7 Å². The molecule has 0 heterocycles. The van der Waals surface area contributed by atoms with E-state index in [0.29, 0.717) is 6.42 Å². The van der Waals surface area contributed by atoms with Crippen LogP contribution in [-0.2, 0) is 0 Å². The van der Waals surface area contributed by atoms with Gasteiger partial charge in [0.05, 0.1) is 12.7 Å². The van der Waals surface area contributed by atoms with Crippen LogP contribution in [0.3, 0.4) is 0 Å². The van der Waals surface area contributed by atoms with Crippen LogP contribution in [0, 0.1) is 0 Å². The first kappa shape index (κ1) is 11.6. The molecule has 0 aromatic rings. The highest BCUT2D eigenvalue weighted by atomic mass is 16.4. The van der Waals surface area contributed by atoms with Crippen LogP contribution >= 0.6 is 0 Å². The number of aliphatic hydroxyl groups is 3. The zero-order chi connectivity index (χ0) is 9.40. The highest BCUT2D eigenvalue weighted by Crippen LogP contribution is 2.06. The first-order chi connectivity index (χ1) is 5.72. The van der Waals surface area contributed by atoms with Gasteiger partial charge in [0.2, 0.25) is 0 Å². The summed E-state index contributed by atoms with van der Waals surface area (Å²) in [5.74, 6) is 0. The first-order valence-electron chi connectivity index (χ1n) is 4.30. The van der Waals surface area contributed by atoms with Crippen molar-refractivity contribution in [1.82, 2.24) is 0 Å². The number of aliphatic hydroxyl groups excluding tert-OH is 3. The maximum absolute atomic E-state index is 9.18. The van der Waals surface area contributed by atoms with Crippen molar-refractivity contribution in [3.8, 4) is 0 Å². The molecular formula is C9H18O3. The molecule has 0 aromatic carbocycles. The Morgan fingerprint density at radius 2 is 1.83 bits per heavy atom. The summed E-state index contributed by atoms with van der Waals surface area (Å²) >= 11 is 0. The Balaban J connectivity index is 3.30. The van der Waals surface area contributed by atoms with Crippen molar-refractivity contribution in [3.63, 3.8) is 0 Å². The first-order valence-corrected chi connectivity index (χ1v) is 4.30. The molecule has 0 rings (SSSR count). The molecule has 3 N–H and O–H groups in total. The quantitative estimate of drug-likeness (QED) is 0.388. The fourth-order valence-electron chi connectivity index (χ4n) is 0.956. The third-order valence-corrected chi connectivity index (χ3v) is 1.79. The van der Waals surface area contributed by atoms with E-state index in [1.807, 2.05) is 6.08 Å². The second-order valence-electron chi connectivity index (χ2n) is 2.89. The zero-order valence-corrected chi connectivity index (χ0v) is 7.32. The molecule has 3 heteroatoms. The van der Waals surface area contributed by atoms with Crippen LogP contribution in [0.1, 0.15) is 25.7 Å². The van der Waals surface area contributed by atoms with Gasteiger partial charge < -0.3 is 15.3 Å². The minimum Gasteiger partial charge on any atom is -0.394 e. The van der Waals surface area contributed by atoms with Gasteiger partial charge in [-0.1, -0.05) is 12.5 Å². The molecule has 0 saturated heterocycles. The predicted octanol–water partition coefficient (Wildman–Crippen LogP) is 0.447. The van der Waals surface area contributed by atoms with Crippen LogP contribution < -0.4 is 0 Å². The molecule has 2 unspecified atom stereocenters. The molecule has 12 heavy (non-hydrogen) atoms. The number of rotatable bonds is 7. The van der Waals surface area contributed by atoms with E-state index in [1.165, 1.54) is 0 Å². The normalized spacial score (nSPS) is 15.6. The molecule has 0 aliphatic carbocycles. The number of hydrogen-bond acceptors (Lipinski definition) is 3. The van der Waals surface area contributed by atoms with E-state index in [9.17, 15) is 5.11 Å². The van der Waals surface area contributed by atoms with Crippen molar-refractivity contribution < 1.29 is 15.3 Å². The fourth-order valence-corrected chi connectivity index (χ4v) is 0.956. The number of unbranched alkanes of at least 4 members (excludes halogenated alkanes) is 2. The van der Waals surface area contributed by atoms with Crippen molar-refractivity contribution in [2.24, 2.45) is 0 Å². The summed E-state index contributed by atoms with van der Waals surface area (Å²) in [6.07, 6.45) is 3.34. The lowest BCUT2D eigenvalue weighted by Gasteiger charge is -2.14. The average Bonchev–Trinajstić information content (AvgIpc) is 2.10. The van der Waals surface area contributed by atoms with E-state index in [0.717, 1.165) is 19.3 Å². The van der Waals surface area contributed by atoms with Crippen LogP contribution in [-0.4, -0.2) is 34.1 Å². The van der Waals surface area contributed by atoms with Gasteiger partial charge in [-0.3, -0.25) is 0 Å². The van der Waals surface area contributed by atoms with Crippen molar-refractivity contribution in [1.29, 1.82) is 0 Å². The molecule has 0 fully saturated rings. The largest absolute Gasteiger partial charge is 0.394 e. The fraction of sp³-hybridized carbons (Fsp3) is 0.778. The summed E-state index contributed by atoms with van der Waals surface area (Å²) in [5.41, 5.74) is 0. The SMILES string of the molecule is C=CCCCCC(O)C(O)CO. The van der Waals surface area contributed by atoms with Crippen LogP contribution in [0.4, 0.5) is 0 Å². The molecule has 0 spiro atoms. The Hall–Kier alpha value is -0.380. The second kappa shape index (κ2) is 7.28. The molecule has 0 aliphatic rings. The Bertz CT molecular complexity index is 114. The maximum atomic E-state index is 9.18. The van der Waals surface area contributed by atoms with Gasteiger partial charge >= 0.3 is 0 Å². The molecule has 72 valence electrons. The van der Waals surface area contributed by atoms with Crippen LogP contribution in [0.25, 0.3) is 0 Å². The summed E-state index contributed by atoms with van der Waals surface area (Å²) in [6.45, 7) is 3.20. The number of allylic oxidation sites excluding steroid dienone is 1. The van der Waals surface area contributed by atoms with E-state index in [4.69, 9.17) is 10.2 Å². The third-order valence-electron chi connectivity index (χ3n) is 1.79. The lowest BCUT2D eigenvalue weighted by atomic mass is 10.1. The van der Waals surface area contributed by atoms with Crippen LogP contribution in [0.5, 0.6) is 0 Å². The maximum Gasteiger partial charge on any atom is 0.103 e. The van der Waals surface area contributed by atoms with E-state index in [2.05, 4.69) is 6.58 Å². The van der Waals surface area contributed by atoms with Crippen LogP contribution in [0.15, 0.2) is 12.7 Å². The molecule has 0 aromatic heterocycles. The van der Waals surface area contributed by atoms with Crippen molar-refractivity contribution in [2.45, 2.75) is 37.9 Å². The van der Waals surface area contributed by atoms with Gasteiger partial charge in [-0.2, -0.15) is 0 Å². The molecular weight excluding hydrogens is 156 g/mol. The Morgan fingerprint density at radius 1 is 1.17 bits per heavy atom. The van der Waals surface area contributed by atoms with E-state index >= 15 is 0 Å². The van der Waals surface area contributed by atoms with Gasteiger partial charge in [-0.05, 0) is 19.3 Å². The Morgan fingerprint density at radius 3 is 2.33 bits per heavy atom. The molecule has 0 amide bonds. The van der Waals surface area contributed by atoms with Gasteiger partial charge in [0.1, 0.15) is 6.10 Å². The van der Waals surface area contributed by atoms with Gasteiger partial charge in [-0.15, -0.1) is 6.58 Å². The molecule has 0 bridgehead atoms. The van der Waals surface area contributed by atoms with Crippen LogP contribution in [0.2, 0.25) is 0 Å². The summed E-state index contributed by atoms with van der Waals surface area (Å²) in [7, 11) is 0. The Kier molecular flexibility index (Phi) is 7.05. The monoisotopic (exact) mass is 174 g/mol.